The minimum Gasteiger partial charge on any atom is -0.361 e. The SMILES string of the molecule is CC(=O)c1cn(COCC[Si](C)(C)C)c2nccc(Cl)c12. The Kier molecular flexibility index (Phi) is 4.86. The van der Waals surface area contributed by atoms with E-state index in [4.69, 9.17) is 16.3 Å². The second-order valence-corrected chi connectivity index (χ2v) is 12.4. The molecule has 0 aliphatic rings. The summed E-state index contributed by atoms with van der Waals surface area (Å²) in [4.78, 5) is 16.1. The van der Waals surface area contributed by atoms with E-state index in [0.29, 0.717) is 28.4 Å². The van der Waals surface area contributed by atoms with E-state index in [0.717, 1.165) is 12.7 Å². The van der Waals surface area contributed by atoms with Crippen LogP contribution in [0.4, 0.5) is 0 Å². The minimum absolute atomic E-state index is 0.0178. The van der Waals surface area contributed by atoms with E-state index >= 15 is 0 Å². The summed E-state index contributed by atoms with van der Waals surface area (Å²) in [6.07, 6.45) is 3.42. The minimum atomic E-state index is -1.10. The second-order valence-electron chi connectivity index (χ2n) is 6.41. The summed E-state index contributed by atoms with van der Waals surface area (Å²) in [5.74, 6) is -0.0178. The average Bonchev–Trinajstić information content (AvgIpc) is 2.74. The molecule has 0 unspecified atom stereocenters. The van der Waals surface area contributed by atoms with Crippen LogP contribution in [0, 0.1) is 0 Å². The van der Waals surface area contributed by atoms with Gasteiger partial charge in [-0.25, -0.2) is 4.98 Å². The molecule has 0 N–H and O–H groups in total. The first-order chi connectivity index (χ1) is 9.79. The Balaban J connectivity index is 2.21. The number of hydrogen-bond donors (Lipinski definition) is 0. The molecule has 2 aromatic heterocycles. The Bertz CT molecular complexity index is 661. The standard InChI is InChI=1S/C15H21ClN2O2Si/c1-11(19)12-9-18(10-20-7-8-21(2,3)4)15-14(12)13(16)5-6-17-15/h5-6,9H,7-8,10H2,1-4H3. The Morgan fingerprint density at radius 2 is 2.14 bits per heavy atom. The van der Waals surface area contributed by atoms with E-state index in [1.54, 1.807) is 18.5 Å². The van der Waals surface area contributed by atoms with Crippen molar-refractivity contribution in [3.05, 3.63) is 29.0 Å². The summed E-state index contributed by atoms with van der Waals surface area (Å²) < 4.78 is 7.59. The van der Waals surface area contributed by atoms with E-state index in [-0.39, 0.29) is 5.78 Å². The highest BCUT2D eigenvalue weighted by atomic mass is 35.5. The van der Waals surface area contributed by atoms with Crippen LogP contribution in [0.2, 0.25) is 30.7 Å². The van der Waals surface area contributed by atoms with Crippen LogP contribution in [0.25, 0.3) is 11.0 Å². The summed E-state index contributed by atoms with van der Waals surface area (Å²) in [7, 11) is -1.10. The second kappa shape index (κ2) is 6.30. The van der Waals surface area contributed by atoms with Crippen molar-refractivity contribution in [2.75, 3.05) is 6.61 Å². The molecule has 0 aliphatic carbocycles. The Hall–Kier alpha value is -1.17. The normalized spacial score (nSPS) is 12.0. The van der Waals surface area contributed by atoms with Crippen LogP contribution in [0.15, 0.2) is 18.5 Å². The molecule has 0 radical (unpaired) electrons. The highest BCUT2D eigenvalue weighted by Gasteiger charge is 2.16. The first-order valence-corrected chi connectivity index (χ1v) is 11.1. The smallest absolute Gasteiger partial charge is 0.162 e. The van der Waals surface area contributed by atoms with E-state index in [9.17, 15) is 4.79 Å². The first-order valence-electron chi connectivity index (χ1n) is 7.01. The zero-order valence-corrected chi connectivity index (χ0v) is 14.7. The lowest BCUT2D eigenvalue weighted by atomic mass is 10.1. The molecule has 2 heterocycles. The molecule has 0 spiro atoms. The fourth-order valence-electron chi connectivity index (χ4n) is 2.08. The van der Waals surface area contributed by atoms with Gasteiger partial charge in [-0.1, -0.05) is 31.2 Å². The zero-order chi connectivity index (χ0) is 15.6. The van der Waals surface area contributed by atoms with Crippen LogP contribution < -0.4 is 0 Å². The van der Waals surface area contributed by atoms with Gasteiger partial charge < -0.3 is 9.30 Å². The van der Waals surface area contributed by atoms with Crippen LogP contribution in [-0.2, 0) is 11.5 Å². The van der Waals surface area contributed by atoms with Gasteiger partial charge in [-0.05, 0) is 19.0 Å². The zero-order valence-electron chi connectivity index (χ0n) is 12.9. The van der Waals surface area contributed by atoms with Gasteiger partial charge in [0.1, 0.15) is 12.4 Å². The molecule has 0 amide bonds. The summed E-state index contributed by atoms with van der Waals surface area (Å²) in [6, 6.07) is 2.81. The monoisotopic (exact) mass is 324 g/mol. The lowest BCUT2D eigenvalue weighted by Crippen LogP contribution is -2.22. The maximum Gasteiger partial charge on any atom is 0.162 e. The lowest BCUT2D eigenvalue weighted by molar-refractivity contribution is 0.0895. The van der Waals surface area contributed by atoms with Crippen molar-refractivity contribution in [3.8, 4) is 0 Å². The highest BCUT2D eigenvalue weighted by Crippen LogP contribution is 2.27. The molecule has 6 heteroatoms. The largest absolute Gasteiger partial charge is 0.361 e. The molecular formula is C15H21ClN2O2Si. The lowest BCUT2D eigenvalue weighted by Gasteiger charge is -2.15. The molecular weight excluding hydrogens is 304 g/mol. The molecule has 0 fully saturated rings. The summed E-state index contributed by atoms with van der Waals surface area (Å²) >= 11 is 6.20. The van der Waals surface area contributed by atoms with E-state index < -0.39 is 8.07 Å². The van der Waals surface area contributed by atoms with Crippen LogP contribution >= 0.6 is 11.6 Å². The van der Waals surface area contributed by atoms with Gasteiger partial charge in [0.2, 0.25) is 0 Å². The number of halogens is 1. The van der Waals surface area contributed by atoms with Crippen molar-refractivity contribution in [2.24, 2.45) is 0 Å². The van der Waals surface area contributed by atoms with Crippen LogP contribution in [0.5, 0.6) is 0 Å². The number of pyridine rings is 1. The van der Waals surface area contributed by atoms with Gasteiger partial charge in [-0.3, -0.25) is 4.79 Å². The highest BCUT2D eigenvalue weighted by molar-refractivity contribution is 6.76. The maximum absolute atomic E-state index is 11.8. The number of nitrogens with zero attached hydrogens (tertiary/aromatic N) is 2. The van der Waals surface area contributed by atoms with Crippen molar-refractivity contribution >= 4 is 36.5 Å². The molecule has 0 aromatic carbocycles. The Labute approximate surface area is 131 Å². The van der Waals surface area contributed by atoms with Gasteiger partial charge in [0.05, 0.1) is 5.02 Å². The third-order valence-electron chi connectivity index (χ3n) is 3.31. The number of hydrogen-bond acceptors (Lipinski definition) is 3. The summed E-state index contributed by atoms with van der Waals surface area (Å²) in [6.45, 7) is 9.60. The molecule has 2 aromatic rings. The number of aromatic nitrogens is 2. The average molecular weight is 325 g/mol. The maximum atomic E-state index is 11.8. The molecule has 0 bridgehead atoms. The van der Waals surface area contributed by atoms with E-state index in [1.807, 2.05) is 4.57 Å². The molecule has 21 heavy (non-hydrogen) atoms. The van der Waals surface area contributed by atoms with Gasteiger partial charge in [0, 0.05) is 38.0 Å². The predicted octanol–water partition coefficient (Wildman–Crippen LogP) is 4.20. The van der Waals surface area contributed by atoms with E-state index in [2.05, 4.69) is 24.6 Å². The molecule has 0 aliphatic heterocycles. The number of fused-ring (bicyclic) bond motifs is 1. The van der Waals surface area contributed by atoms with Crippen LogP contribution in [0.1, 0.15) is 17.3 Å². The summed E-state index contributed by atoms with van der Waals surface area (Å²) in [5.41, 5.74) is 1.29. The van der Waals surface area contributed by atoms with Gasteiger partial charge in [-0.2, -0.15) is 0 Å². The molecule has 114 valence electrons. The molecule has 2 rings (SSSR count). The molecule has 0 atom stereocenters. The quantitative estimate of drug-likeness (QED) is 0.454. The summed E-state index contributed by atoms with van der Waals surface area (Å²) in [5, 5.41) is 1.26. The molecule has 0 saturated carbocycles. The van der Waals surface area contributed by atoms with Crippen molar-refractivity contribution < 1.29 is 9.53 Å². The molecule has 0 saturated heterocycles. The van der Waals surface area contributed by atoms with Crippen LogP contribution in [-0.4, -0.2) is 30.0 Å². The van der Waals surface area contributed by atoms with Crippen molar-refractivity contribution in [1.29, 1.82) is 0 Å². The first kappa shape index (κ1) is 16.2. The fraction of sp³-hybridized carbons (Fsp3) is 0.467. The topological polar surface area (TPSA) is 44.1 Å². The molecule has 4 nitrogen and oxygen atoms in total. The van der Waals surface area contributed by atoms with Gasteiger partial charge in [0.25, 0.3) is 0 Å². The third kappa shape index (κ3) is 3.93. The van der Waals surface area contributed by atoms with Gasteiger partial charge in [-0.15, -0.1) is 0 Å². The predicted molar refractivity (Wildman–Crippen MR) is 88.9 cm³/mol. The Morgan fingerprint density at radius 1 is 1.43 bits per heavy atom. The number of carbonyl (C=O) groups excluding carboxylic acids is 1. The van der Waals surface area contributed by atoms with Crippen molar-refractivity contribution in [3.63, 3.8) is 0 Å². The van der Waals surface area contributed by atoms with Gasteiger partial charge >= 0.3 is 0 Å². The number of Topliss-reactive ketones (excluding diaryl/α,β-unsaturated/α-hetero) is 1. The van der Waals surface area contributed by atoms with Crippen molar-refractivity contribution in [2.45, 2.75) is 39.3 Å². The Morgan fingerprint density at radius 3 is 2.76 bits per heavy atom. The fourth-order valence-corrected chi connectivity index (χ4v) is 3.08. The number of carbonyl (C=O) groups is 1. The van der Waals surface area contributed by atoms with Crippen LogP contribution in [0.3, 0.4) is 0 Å². The number of rotatable bonds is 6. The number of ketones is 1. The van der Waals surface area contributed by atoms with E-state index in [1.165, 1.54) is 6.92 Å². The van der Waals surface area contributed by atoms with Gasteiger partial charge in [0.15, 0.2) is 5.78 Å². The van der Waals surface area contributed by atoms with Crippen molar-refractivity contribution in [1.82, 2.24) is 9.55 Å². The number of ether oxygens (including phenoxy) is 1. The third-order valence-corrected chi connectivity index (χ3v) is 5.33.